The number of carbonyl (C=O) groups is 1. The first-order chi connectivity index (χ1) is 8.80. The Labute approximate surface area is 114 Å². The van der Waals surface area contributed by atoms with E-state index >= 15 is 0 Å². The first kappa shape index (κ1) is 15.5. The highest BCUT2D eigenvalue weighted by molar-refractivity contribution is 5.71. The van der Waals surface area contributed by atoms with E-state index in [0.29, 0.717) is 5.56 Å². The second-order valence-corrected chi connectivity index (χ2v) is 5.22. The van der Waals surface area contributed by atoms with Gasteiger partial charge in [0.25, 0.3) is 0 Å². The minimum atomic E-state index is -0.859. The molecule has 0 heterocycles. The lowest BCUT2D eigenvalue weighted by atomic mass is 9.94. The Hall–Kier alpha value is -1.55. The molecule has 1 aromatic rings. The molecule has 0 aromatic heterocycles. The van der Waals surface area contributed by atoms with Gasteiger partial charge in [-0.3, -0.25) is 4.79 Å². The number of benzene rings is 1. The summed E-state index contributed by atoms with van der Waals surface area (Å²) in [5.41, 5.74) is 0.707. The maximum absolute atomic E-state index is 11.5. The van der Waals surface area contributed by atoms with Crippen LogP contribution in [-0.2, 0) is 19.9 Å². The molecular weight excluding hydrogens is 244 g/mol. The van der Waals surface area contributed by atoms with Crippen LogP contribution in [0.2, 0.25) is 0 Å². The second kappa shape index (κ2) is 6.06. The van der Waals surface area contributed by atoms with Gasteiger partial charge in [0.05, 0.1) is 5.92 Å². The van der Waals surface area contributed by atoms with Gasteiger partial charge in [0.1, 0.15) is 18.0 Å². The Morgan fingerprint density at radius 2 is 2.05 bits per heavy atom. The Bertz CT molecular complexity index is 453. The fraction of sp³-hybridized carbons (Fsp3) is 0.533. The number of aromatic hydroxyl groups is 1. The number of rotatable bonds is 5. The summed E-state index contributed by atoms with van der Waals surface area (Å²) in [7, 11) is 1.53. The van der Waals surface area contributed by atoms with Crippen LogP contribution in [0, 0.1) is 12.8 Å². The lowest BCUT2D eigenvalue weighted by molar-refractivity contribution is -0.157. The molecule has 106 valence electrons. The van der Waals surface area contributed by atoms with Crippen LogP contribution in [0.4, 0.5) is 0 Å². The third-order valence-corrected chi connectivity index (χ3v) is 3.13. The lowest BCUT2D eigenvalue weighted by Gasteiger charge is -2.29. The first-order valence-electron chi connectivity index (χ1n) is 6.32. The van der Waals surface area contributed by atoms with Gasteiger partial charge in [-0.2, -0.15) is 0 Å². The number of ether oxygens (including phenoxy) is 2. The molecule has 4 heteroatoms. The molecule has 0 unspecified atom stereocenters. The van der Waals surface area contributed by atoms with E-state index in [2.05, 4.69) is 0 Å². The molecule has 1 rings (SSSR count). The average Bonchev–Trinajstić information content (AvgIpc) is 2.35. The van der Waals surface area contributed by atoms with E-state index in [-0.39, 0.29) is 24.2 Å². The van der Waals surface area contributed by atoms with Crippen LogP contribution in [0.25, 0.3) is 0 Å². The molecule has 0 fully saturated rings. The van der Waals surface area contributed by atoms with Crippen molar-refractivity contribution in [3.63, 3.8) is 0 Å². The summed E-state index contributed by atoms with van der Waals surface area (Å²) in [4.78, 5) is 11.5. The van der Waals surface area contributed by atoms with E-state index in [4.69, 9.17) is 9.47 Å². The quantitative estimate of drug-likeness (QED) is 0.833. The standard InChI is InChI=1S/C15H22O4/c1-10(2)14(17)19-9-15(4,18-5)12-7-6-11(3)8-13(12)16/h6-8,10,16H,9H2,1-5H3/t15-/m1/s1. The zero-order valence-corrected chi connectivity index (χ0v) is 12.2. The number of phenolic OH excluding ortho intramolecular Hbond substituents is 1. The minimum absolute atomic E-state index is 0.0666. The van der Waals surface area contributed by atoms with E-state index in [1.54, 1.807) is 32.9 Å². The fourth-order valence-corrected chi connectivity index (χ4v) is 1.71. The first-order valence-corrected chi connectivity index (χ1v) is 6.32. The molecule has 1 atom stereocenters. The smallest absolute Gasteiger partial charge is 0.308 e. The van der Waals surface area contributed by atoms with Crippen molar-refractivity contribution in [2.75, 3.05) is 13.7 Å². The van der Waals surface area contributed by atoms with Crippen molar-refractivity contribution in [2.24, 2.45) is 5.92 Å². The number of aryl methyl sites for hydroxylation is 1. The zero-order chi connectivity index (χ0) is 14.6. The molecule has 0 spiro atoms. The fourth-order valence-electron chi connectivity index (χ4n) is 1.71. The maximum Gasteiger partial charge on any atom is 0.308 e. The van der Waals surface area contributed by atoms with Crippen molar-refractivity contribution in [3.05, 3.63) is 29.3 Å². The zero-order valence-electron chi connectivity index (χ0n) is 12.2. The van der Waals surface area contributed by atoms with Crippen LogP contribution in [0.5, 0.6) is 5.75 Å². The number of esters is 1. The molecule has 0 saturated carbocycles. The Morgan fingerprint density at radius 1 is 1.42 bits per heavy atom. The van der Waals surface area contributed by atoms with Gasteiger partial charge in [-0.1, -0.05) is 26.0 Å². The van der Waals surface area contributed by atoms with Gasteiger partial charge in [-0.15, -0.1) is 0 Å². The predicted molar refractivity (Wildman–Crippen MR) is 73.0 cm³/mol. The number of hydrogen-bond acceptors (Lipinski definition) is 4. The van der Waals surface area contributed by atoms with Gasteiger partial charge in [-0.05, 0) is 25.5 Å². The van der Waals surface area contributed by atoms with Crippen molar-refractivity contribution in [3.8, 4) is 5.75 Å². The molecule has 1 aromatic carbocycles. The maximum atomic E-state index is 11.5. The summed E-state index contributed by atoms with van der Waals surface area (Å²) in [6.45, 7) is 7.29. The van der Waals surface area contributed by atoms with Gasteiger partial charge < -0.3 is 14.6 Å². The average molecular weight is 266 g/mol. The van der Waals surface area contributed by atoms with E-state index in [9.17, 15) is 9.90 Å². The Kier molecular flexibility index (Phi) is 4.95. The summed E-state index contributed by atoms with van der Waals surface area (Å²) >= 11 is 0. The van der Waals surface area contributed by atoms with Crippen LogP contribution in [-0.4, -0.2) is 24.8 Å². The van der Waals surface area contributed by atoms with Gasteiger partial charge in [0.15, 0.2) is 0 Å². The predicted octanol–water partition coefficient (Wildman–Crippen LogP) is 2.76. The van der Waals surface area contributed by atoms with Crippen LogP contribution in [0.1, 0.15) is 31.9 Å². The van der Waals surface area contributed by atoms with Crippen molar-refractivity contribution >= 4 is 5.97 Å². The molecule has 0 bridgehead atoms. The molecule has 0 radical (unpaired) electrons. The summed E-state index contributed by atoms with van der Waals surface area (Å²) in [5, 5.41) is 10.0. The number of methoxy groups -OCH3 is 1. The topological polar surface area (TPSA) is 55.8 Å². The summed E-state index contributed by atoms with van der Waals surface area (Å²) in [6, 6.07) is 5.34. The van der Waals surface area contributed by atoms with Crippen LogP contribution in [0.15, 0.2) is 18.2 Å². The van der Waals surface area contributed by atoms with Gasteiger partial charge in [-0.25, -0.2) is 0 Å². The molecule has 0 saturated heterocycles. The molecule has 0 aliphatic rings. The molecule has 4 nitrogen and oxygen atoms in total. The van der Waals surface area contributed by atoms with E-state index in [1.807, 2.05) is 13.0 Å². The Balaban J connectivity index is 2.93. The molecule has 1 N–H and O–H groups in total. The third-order valence-electron chi connectivity index (χ3n) is 3.13. The Morgan fingerprint density at radius 3 is 2.53 bits per heavy atom. The highest BCUT2D eigenvalue weighted by atomic mass is 16.6. The second-order valence-electron chi connectivity index (χ2n) is 5.22. The van der Waals surface area contributed by atoms with Crippen LogP contribution >= 0.6 is 0 Å². The lowest BCUT2D eigenvalue weighted by Crippen LogP contribution is -2.32. The third kappa shape index (κ3) is 3.70. The number of carbonyl (C=O) groups excluding carboxylic acids is 1. The summed E-state index contributed by atoms with van der Waals surface area (Å²) < 4.78 is 10.7. The molecule has 0 aliphatic carbocycles. The van der Waals surface area contributed by atoms with E-state index in [0.717, 1.165) is 5.56 Å². The van der Waals surface area contributed by atoms with Crippen molar-refractivity contribution in [1.29, 1.82) is 0 Å². The van der Waals surface area contributed by atoms with Gasteiger partial charge >= 0.3 is 5.97 Å². The summed E-state index contributed by atoms with van der Waals surface area (Å²) in [6.07, 6.45) is 0. The van der Waals surface area contributed by atoms with Crippen molar-refractivity contribution in [1.82, 2.24) is 0 Å². The van der Waals surface area contributed by atoms with Crippen LogP contribution in [0.3, 0.4) is 0 Å². The van der Waals surface area contributed by atoms with E-state index < -0.39 is 5.60 Å². The summed E-state index contributed by atoms with van der Waals surface area (Å²) in [5.74, 6) is -0.326. The largest absolute Gasteiger partial charge is 0.508 e. The van der Waals surface area contributed by atoms with Gasteiger partial charge in [0, 0.05) is 12.7 Å². The molecule has 19 heavy (non-hydrogen) atoms. The van der Waals surface area contributed by atoms with Gasteiger partial charge in [0.2, 0.25) is 0 Å². The van der Waals surface area contributed by atoms with E-state index in [1.165, 1.54) is 7.11 Å². The van der Waals surface area contributed by atoms with Crippen molar-refractivity contribution < 1.29 is 19.4 Å². The number of phenols is 1. The highest BCUT2D eigenvalue weighted by Crippen LogP contribution is 2.33. The molecule has 0 aliphatic heterocycles. The SMILES string of the molecule is CO[C@](C)(COC(=O)C(C)C)c1ccc(C)cc1O. The van der Waals surface area contributed by atoms with Crippen LogP contribution < -0.4 is 0 Å². The molecular formula is C15H22O4. The normalized spacial score (nSPS) is 14.2. The monoisotopic (exact) mass is 266 g/mol. The highest BCUT2D eigenvalue weighted by Gasteiger charge is 2.31. The number of hydrogen-bond donors (Lipinski definition) is 1. The molecule has 0 amide bonds. The minimum Gasteiger partial charge on any atom is -0.508 e. The van der Waals surface area contributed by atoms with Crippen molar-refractivity contribution in [2.45, 2.75) is 33.3 Å².